The first-order chi connectivity index (χ1) is 40.6. The molecule has 4 atom stereocenters. The quantitative estimate of drug-likeness (QED) is 0.0519. The number of hydrogen-bond acceptors (Lipinski definition) is 19. The smallest absolute Gasteiger partial charge is 0.258 e. The summed E-state index contributed by atoms with van der Waals surface area (Å²) >= 11 is 1.45. The summed E-state index contributed by atoms with van der Waals surface area (Å²) in [6.45, 7) is 5.29. The van der Waals surface area contributed by atoms with Crippen LogP contribution in [0.5, 0.6) is 5.88 Å². The number of aromatic nitrogens is 4. The number of nitrogens with zero attached hydrogens (tertiary/aromatic N) is 9. The zero-order chi connectivity index (χ0) is 59.7. The fraction of sp³-hybridized carbons (Fsp3) is 0.526. The van der Waals surface area contributed by atoms with Gasteiger partial charge in [-0.15, -0.1) is 11.8 Å². The van der Waals surface area contributed by atoms with Gasteiger partial charge in [-0.05, 0) is 88.0 Å². The summed E-state index contributed by atoms with van der Waals surface area (Å²) in [5, 5.41) is 24.3. The SMILES string of the molecule is CNCC(=O)N[C@H](C(=O)N1CCC[C@H]1C1=NC(C(=O)c2ccc(F)cc2)CS1)C1CCN(C(=O)CCOCCOCCOCCOCCC(=O)NCCn2nc3c(c2C#N)-c2cnc(N)c(n2)O[C@H](C)c2cc(F)ccc2C(=O)N(C)C3)CC1. The van der Waals surface area contributed by atoms with Crippen LogP contribution in [0.4, 0.5) is 14.6 Å². The van der Waals surface area contributed by atoms with E-state index < -0.39 is 35.7 Å². The van der Waals surface area contributed by atoms with Crippen LogP contribution in [0.15, 0.2) is 53.7 Å². The van der Waals surface area contributed by atoms with Gasteiger partial charge in [-0.2, -0.15) is 10.4 Å². The molecule has 8 rings (SSSR count). The lowest BCUT2D eigenvalue weighted by Gasteiger charge is -2.38. The van der Waals surface area contributed by atoms with E-state index in [-0.39, 0.29) is 148 Å². The summed E-state index contributed by atoms with van der Waals surface area (Å²) < 4.78 is 57.7. The average Bonchev–Trinajstić information content (AvgIpc) is 3.26. The van der Waals surface area contributed by atoms with Crippen LogP contribution in [0.1, 0.15) is 89.2 Å². The van der Waals surface area contributed by atoms with Gasteiger partial charge in [0.1, 0.15) is 41.6 Å². The number of ether oxygens (including phenoxy) is 5. The molecule has 2 saturated heterocycles. The molecule has 0 radical (unpaired) electrons. The lowest BCUT2D eigenvalue weighted by molar-refractivity contribution is -0.139. The lowest BCUT2D eigenvalue weighted by Crippen LogP contribution is -2.57. The lowest BCUT2D eigenvalue weighted by atomic mass is 9.88. The molecular formula is C57H71F2N13O11S. The van der Waals surface area contributed by atoms with Gasteiger partial charge in [0, 0.05) is 62.1 Å². The van der Waals surface area contributed by atoms with E-state index in [1.54, 1.807) is 30.8 Å². The number of benzene rings is 2. The van der Waals surface area contributed by atoms with Crippen LogP contribution in [-0.4, -0.2) is 198 Å². The van der Waals surface area contributed by atoms with Gasteiger partial charge in [0.05, 0.1) is 113 Å². The maximum atomic E-state index is 14.4. The van der Waals surface area contributed by atoms with Crippen molar-refractivity contribution in [3.8, 4) is 23.2 Å². The molecule has 0 spiro atoms. The van der Waals surface area contributed by atoms with Crippen molar-refractivity contribution in [2.75, 3.05) is 111 Å². The number of likely N-dealkylation sites (N-methyl/N-ethyl adjacent to an activating group) is 1. The van der Waals surface area contributed by atoms with Gasteiger partial charge < -0.3 is 60.1 Å². The average molecular weight is 1180 g/mol. The van der Waals surface area contributed by atoms with E-state index in [1.165, 1.54) is 70.0 Å². The molecule has 1 unspecified atom stereocenters. The monoisotopic (exact) mass is 1180 g/mol. The number of likely N-dealkylation sites (tertiary alicyclic amines) is 2. The number of piperidine rings is 1. The van der Waals surface area contributed by atoms with Crippen LogP contribution >= 0.6 is 11.8 Å². The Morgan fingerprint density at radius 3 is 2.27 bits per heavy atom. The molecule has 2 bridgehead atoms. The highest BCUT2D eigenvalue weighted by atomic mass is 32.2. The molecule has 0 aliphatic carbocycles. The normalized spacial score (nSPS) is 18.4. The molecule has 27 heteroatoms. The van der Waals surface area contributed by atoms with Crippen molar-refractivity contribution in [3.63, 3.8) is 0 Å². The molecule has 2 aromatic carbocycles. The molecule has 84 heavy (non-hydrogen) atoms. The third-order valence-corrected chi connectivity index (χ3v) is 15.9. The number of halogens is 2. The summed E-state index contributed by atoms with van der Waals surface area (Å²) in [5.41, 5.74) is 7.98. The Labute approximate surface area is 489 Å². The summed E-state index contributed by atoms with van der Waals surface area (Å²) in [6, 6.07) is 9.63. The zero-order valence-electron chi connectivity index (χ0n) is 47.3. The first kappa shape index (κ1) is 62.6. The number of anilines is 1. The van der Waals surface area contributed by atoms with E-state index in [1.807, 2.05) is 0 Å². The van der Waals surface area contributed by atoms with E-state index >= 15 is 0 Å². The minimum absolute atomic E-state index is 0.0386. The summed E-state index contributed by atoms with van der Waals surface area (Å²) in [6.07, 6.45) is 3.26. The second-order valence-electron chi connectivity index (χ2n) is 20.6. The van der Waals surface area contributed by atoms with Crippen LogP contribution in [0.2, 0.25) is 0 Å². The van der Waals surface area contributed by atoms with Crippen molar-refractivity contribution in [2.45, 2.75) is 82.8 Å². The maximum absolute atomic E-state index is 14.4. The number of carbonyl (C=O) groups excluding carboxylic acids is 6. The van der Waals surface area contributed by atoms with Crippen molar-refractivity contribution >= 4 is 57.9 Å². The molecule has 450 valence electrons. The number of Topliss-reactive ketones (excluding diaryl/α,β-unsaturated/α-hetero) is 1. The summed E-state index contributed by atoms with van der Waals surface area (Å²) in [7, 11) is 3.22. The van der Waals surface area contributed by atoms with Gasteiger partial charge in [0.25, 0.3) is 11.8 Å². The molecule has 5 N–H and O–H groups in total. The van der Waals surface area contributed by atoms with Crippen molar-refractivity contribution in [1.82, 2.24) is 50.4 Å². The second kappa shape index (κ2) is 30.4. The third kappa shape index (κ3) is 16.2. The highest BCUT2D eigenvalue weighted by molar-refractivity contribution is 8.14. The van der Waals surface area contributed by atoms with Crippen molar-refractivity contribution in [2.24, 2.45) is 10.9 Å². The Bertz CT molecular complexity index is 3060. The Kier molecular flexibility index (Phi) is 22.6. The molecule has 4 aromatic rings. The molecular weight excluding hydrogens is 1110 g/mol. The number of thioether (sulfide) groups is 1. The number of nitrogens with one attached hydrogen (secondary N) is 3. The number of nitrogens with two attached hydrogens (primary N) is 1. The number of amides is 5. The molecule has 4 aliphatic rings. The van der Waals surface area contributed by atoms with Gasteiger partial charge >= 0.3 is 0 Å². The van der Waals surface area contributed by atoms with E-state index in [9.17, 15) is 42.8 Å². The Morgan fingerprint density at radius 2 is 1.58 bits per heavy atom. The molecule has 4 aliphatic heterocycles. The first-order valence-electron chi connectivity index (χ1n) is 28.1. The fourth-order valence-corrected chi connectivity index (χ4v) is 11.6. The van der Waals surface area contributed by atoms with Crippen molar-refractivity contribution in [1.29, 1.82) is 5.26 Å². The molecule has 5 amide bonds. The largest absolute Gasteiger partial charge is 0.467 e. The predicted molar refractivity (Wildman–Crippen MR) is 303 cm³/mol. The number of ketones is 1. The van der Waals surface area contributed by atoms with Crippen LogP contribution in [0.3, 0.4) is 0 Å². The van der Waals surface area contributed by atoms with Gasteiger partial charge in [-0.3, -0.25) is 38.4 Å². The minimum atomic E-state index is -0.838. The highest BCUT2D eigenvalue weighted by Crippen LogP contribution is 2.35. The van der Waals surface area contributed by atoms with Gasteiger partial charge in [0.15, 0.2) is 11.6 Å². The maximum Gasteiger partial charge on any atom is 0.258 e. The number of hydrogen-bond donors (Lipinski definition) is 4. The minimum Gasteiger partial charge on any atom is -0.467 e. The second-order valence-corrected chi connectivity index (χ2v) is 21.6. The van der Waals surface area contributed by atoms with Crippen LogP contribution in [-0.2, 0) is 51.2 Å². The topological polar surface area (TPSA) is 300 Å². The Balaban J connectivity index is 0.676. The van der Waals surface area contributed by atoms with E-state index in [0.29, 0.717) is 86.3 Å². The van der Waals surface area contributed by atoms with E-state index in [4.69, 9.17) is 34.4 Å². The molecule has 24 nitrogen and oxygen atoms in total. The van der Waals surface area contributed by atoms with E-state index in [2.05, 4.69) is 37.1 Å². The molecule has 0 saturated carbocycles. The zero-order valence-corrected chi connectivity index (χ0v) is 48.1. The summed E-state index contributed by atoms with van der Waals surface area (Å²) in [5.74, 6) is -2.33. The summed E-state index contributed by atoms with van der Waals surface area (Å²) in [4.78, 5) is 98.5. The fourth-order valence-electron chi connectivity index (χ4n) is 10.4. The first-order valence-corrected chi connectivity index (χ1v) is 29.1. The highest BCUT2D eigenvalue weighted by Gasteiger charge is 2.43. The van der Waals surface area contributed by atoms with Crippen LogP contribution in [0.25, 0.3) is 11.3 Å². The van der Waals surface area contributed by atoms with Gasteiger partial charge in [-0.1, -0.05) is 0 Å². The van der Waals surface area contributed by atoms with Crippen LogP contribution < -0.4 is 26.4 Å². The predicted octanol–water partition coefficient (Wildman–Crippen LogP) is 3.09. The third-order valence-electron chi connectivity index (χ3n) is 14.8. The number of rotatable bonds is 26. The Hall–Kier alpha value is -7.48. The van der Waals surface area contributed by atoms with Crippen LogP contribution in [0, 0.1) is 28.9 Å². The molecule has 2 aromatic heterocycles. The van der Waals surface area contributed by atoms with Gasteiger partial charge in [-0.25, -0.2) is 18.7 Å². The van der Waals surface area contributed by atoms with Gasteiger partial charge in [0.2, 0.25) is 23.6 Å². The molecule has 2 fully saturated rings. The van der Waals surface area contributed by atoms with E-state index in [0.717, 1.165) is 6.42 Å². The molecule has 6 heterocycles. The number of nitrogen functional groups attached to an aromatic ring is 1. The standard InChI is InChI=1S/C57H71F2N13O11S/c1-35-41-29-39(59)10-11-40(41)56(77)69(3)33-43-50(42-31-64-53(61)54(65-42)83-35)46(30-60)72(68-43)20-16-63-47(73)14-21-79-23-25-81-27-28-82-26-24-80-22-15-49(75)70-18-12-36(13-19-70)51(67-48(74)32-62-2)57(78)71-17-4-5-45(71)55-66-44(34-84-55)52(76)37-6-8-38(58)9-7-37/h6-11,29,31,35-36,44-45,51,62H,4-5,12-28,32-34H2,1-3H3,(H2,61,64)(H,63,73)(H,67,74)/t35-,44?,45+,51+/m1/s1. The Morgan fingerprint density at radius 1 is 0.905 bits per heavy atom. The number of nitriles is 1. The number of carbonyl (C=O) groups is 6. The van der Waals surface area contributed by atoms with Crippen molar-refractivity contribution in [3.05, 3.63) is 88.4 Å². The number of aliphatic imine (C=N–C) groups is 1. The van der Waals surface area contributed by atoms with Crippen molar-refractivity contribution < 1.29 is 61.2 Å². The number of fused-ring (bicyclic) bond motifs is 5.